The molecule has 0 aliphatic carbocycles. The van der Waals surface area contributed by atoms with Crippen molar-refractivity contribution >= 4 is 45.1 Å². The zero-order chi connectivity index (χ0) is 30.6. The van der Waals surface area contributed by atoms with E-state index in [0.717, 1.165) is 28.0 Å². The zero-order valence-corrected chi connectivity index (χ0v) is 25.6. The minimum absolute atomic E-state index is 0.0468. The first-order valence-electron chi connectivity index (χ1n) is 14.4. The van der Waals surface area contributed by atoms with E-state index < -0.39 is 0 Å². The van der Waals surface area contributed by atoms with Crippen molar-refractivity contribution in [3.05, 3.63) is 83.0 Å². The molecule has 0 radical (unpaired) electrons. The van der Waals surface area contributed by atoms with E-state index in [-0.39, 0.29) is 17.9 Å². The molecule has 12 heteroatoms. The lowest BCUT2D eigenvalue weighted by Crippen LogP contribution is -2.31. The molecule has 11 nitrogen and oxygen atoms in total. The van der Waals surface area contributed by atoms with Gasteiger partial charge in [-0.1, -0.05) is 19.1 Å². The first-order valence-corrected chi connectivity index (χ1v) is 15.3. The number of anilines is 2. The van der Waals surface area contributed by atoms with Crippen LogP contribution < -0.4 is 20.1 Å². The number of benzene rings is 2. The monoisotopic (exact) mass is 611 g/mol. The molecule has 2 amide bonds. The van der Waals surface area contributed by atoms with Crippen molar-refractivity contribution in [2.24, 2.45) is 0 Å². The summed E-state index contributed by atoms with van der Waals surface area (Å²) in [6, 6.07) is 16.6. The summed E-state index contributed by atoms with van der Waals surface area (Å²) < 4.78 is 13.5. The molecule has 1 aliphatic rings. The number of amides is 2. The first-order chi connectivity index (χ1) is 21.4. The normalized spacial score (nSPS) is 14.5. The van der Waals surface area contributed by atoms with Crippen LogP contribution in [0.1, 0.15) is 40.6 Å². The maximum absolute atomic E-state index is 12.7. The number of likely N-dealkylation sites (tertiary alicyclic amines) is 1. The van der Waals surface area contributed by atoms with E-state index in [1.54, 1.807) is 49.8 Å². The Morgan fingerprint density at radius 2 is 1.82 bits per heavy atom. The molecule has 1 atom stereocenters. The number of nitrogens with one attached hydrogen (secondary N) is 2. The SMILES string of the molecule is CCC(=O)N1CCC(Nc2nn(Cc3ccc(OC)cc3)c3nccc(Oc4ccc(C(=O)Nc5ncc(C)s5)cc4)c23)C1. The van der Waals surface area contributed by atoms with Crippen LogP contribution in [-0.4, -0.2) is 62.7 Å². The van der Waals surface area contributed by atoms with E-state index in [1.807, 2.05) is 47.7 Å². The lowest BCUT2D eigenvalue weighted by molar-refractivity contribution is -0.129. The third kappa shape index (κ3) is 6.35. The average Bonchev–Trinajstić information content (AvgIpc) is 3.77. The Bertz CT molecular complexity index is 1780. The minimum atomic E-state index is -0.240. The lowest BCUT2D eigenvalue weighted by atomic mass is 10.2. The largest absolute Gasteiger partial charge is 0.497 e. The maximum atomic E-state index is 12.7. The van der Waals surface area contributed by atoms with Gasteiger partial charge < -0.3 is 19.7 Å². The Balaban J connectivity index is 1.28. The molecule has 0 bridgehead atoms. The number of hydrogen-bond donors (Lipinski definition) is 2. The van der Waals surface area contributed by atoms with Gasteiger partial charge in [0.2, 0.25) is 5.91 Å². The Hall–Kier alpha value is -4.97. The highest BCUT2D eigenvalue weighted by Crippen LogP contribution is 2.35. The van der Waals surface area contributed by atoms with Crippen LogP contribution in [0.2, 0.25) is 0 Å². The van der Waals surface area contributed by atoms with Crippen LogP contribution in [0.25, 0.3) is 11.0 Å². The van der Waals surface area contributed by atoms with Gasteiger partial charge in [-0.15, -0.1) is 11.3 Å². The number of ether oxygens (including phenoxy) is 2. The van der Waals surface area contributed by atoms with E-state index in [4.69, 9.17) is 14.6 Å². The molecule has 5 aromatic rings. The molecule has 1 aliphatic heterocycles. The third-order valence-electron chi connectivity index (χ3n) is 7.46. The predicted molar refractivity (Wildman–Crippen MR) is 170 cm³/mol. The van der Waals surface area contributed by atoms with Gasteiger partial charge in [0.1, 0.15) is 22.6 Å². The van der Waals surface area contributed by atoms with Crippen molar-refractivity contribution in [2.45, 2.75) is 39.3 Å². The quantitative estimate of drug-likeness (QED) is 0.206. The molecule has 0 saturated carbocycles. The summed E-state index contributed by atoms with van der Waals surface area (Å²) in [5.74, 6) is 2.47. The summed E-state index contributed by atoms with van der Waals surface area (Å²) in [5.41, 5.74) is 2.19. The number of methoxy groups -OCH3 is 1. The van der Waals surface area contributed by atoms with E-state index >= 15 is 0 Å². The summed E-state index contributed by atoms with van der Waals surface area (Å²) >= 11 is 1.42. The van der Waals surface area contributed by atoms with Gasteiger partial charge in [0.05, 0.1) is 13.7 Å². The number of rotatable bonds is 10. The zero-order valence-electron chi connectivity index (χ0n) is 24.7. The van der Waals surface area contributed by atoms with Gasteiger partial charge in [-0.3, -0.25) is 14.9 Å². The number of aromatic nitrogens is 4. The molecule has 4 heterocycles. The fraction of sp³-hybridized carbons (Fsp3) is 0.281. The predicted octanol–water partition coefficient (Wildman–Crippen LogP) is 5.72. The first kappa shape index (κ1) is 29.1. The Labute approximate surface area is 258 Å². The second kappa shape index (κ2) is 12.7. The van der Waals surface area contributed by atoms with Crippen LogP contribution in [0.3, 0.4) is 0 Å². The van der Waals surface area contributed by atoms with Crippen molar-refractivity contribution in [3.8, 4) is 17.2 Å². The minimum Gasteiger partial charge on any atom is -0.497 e. The number of pyridine rings is 1. The highest BCUT2D eigenvalue weighted by Gasteiger charge is 2.27. The fourth-order valence-electron chi connectivity index (χ4n) is 5.17. The van der Waals surface area contributed by atoms with Crippen molar-refractivity contribution in [2.75, 3.05) is 30.8 Å². The molecule has 3 aromatic heterocycles. The topological polar surface area (TPSA) is 124 Å². The van der Waals surface area contributed by atoms with Gasteiger partial charge in [0.15, 0.2) is 16.6 Å². The Morgan fingerprint density at radius 1 is 1.05 bits per heavy atom. The highest BCUT2D eigenvalue weighted by molar-refractivity contribution is 7.15. The van der Waals surface area contributed by atoms with Gasteiger partial charge in [0, 0.05) is 54.5 Å². The van der Waals surface area contributed by atoms with Crippen LogP contribution in [0.4, 0.5) is 10.9 Å². The number of carbonyl (C=O) groups excluding carboxylic acids is 2. The second-order valence-electron chi connectivity index (χ2n) is 10.5. The van der Waals surface area contributed by atoms with Gasteiger partial charge in [-0.2, -0.15) is 5.10 Å². The van der Waals surface area contributed by atoms with E-state index in [9.17, 15) is 9.59 Å². The second-order valence-corrected chi connectivity index (χ2v) is 11.8. The Kier molecular flexibility index (Phi) is 8.42. The molecule has 226 valence electrons. The van der Waals surface area contributed by atoms with E-state index in [1.165, 1.54) is 11.3 Å². The van der Waals surface area contributed by atoms with Crippen molar-refractivity contribution in [3.63, 3.8) is 0 Å². The van der Waals surface area contributed by atoms with Gasteiger partial charge in [0.25, 0.3) is 5.91 Å². The Morgan fingerprint density at radius 3 is 2.52 bits per heavy atom. The standard InChI is InChI=1S/C32H33N7O4S/c1-4-27(40)38-16-14-23(19-38)35-29-28-26(13-15-33-30(28)39(37-29)18-21-5-9-24(42-3)10-6-21)43-25-11-7-22(8-12-25)31(41)36-32-34-17-20(2)44-32/h5-13,15,17,23H,4,14,16,18-19H2,1-3H3,(H,35,37)(H,34,36,41). The summed E-state index contributed by atoms with van der Waals surface area (Å²) in [7, 11) is 1.64. The van der Waals surface area contributed by atoms with Crippen LogP contribution in [0.15, 0.2) is 67.0 Å². The van der Waals surface area contributed by atoms with Crippen molar-refractivity contribution in [1.82, 2.24) is 24.6 Å². The van der Waals surface area contributed by atoms with Crippen LogP contribution >= 0.6 is 11.3 Å². The lowest BCUT2D eigenvalue weighted by Gasteiger charge is -2.16. The number of nitrogens with zero attached hydrogens (tertiary/aromatic N) is 5. The smallest absolute Gasteiger partial charge is 0.257 e. The van der Waals surface area contributed by atoms with Crippen LogP contribution in [-0.2, 0) is 11.3 Å². The summed E-state index contributed by atoms with van der Waals surface area (Å²) in [4.78, 5) is 36.8. The van der Waals surface area contributed by atoms with Crippen molar-refractivity contribution in [1.29, 1.82) is 0 Å². The number of fused-ring (bicyclic) bond motifs is 1. The molecule has 44 heavy (non-hydrogen) atoms. The fourth-order valence-corrected chi connectivity index (χ4v) is 5.83. The maximum Gasteiger partial charge on any atom is 0.257 e. The van der Waals surface area contributed by atoms with E-state index in [2.05, 4.69) is 20.6 Å². The summed E-state index contributed by atoms with van der Waals surface area (Å²) in [6.07, 6.45) is 4.73. The van der Waals surface area contributed by atoms with Gasteiger partial charge in [-0.05, 0) is 55.3 Å². The molecule has 0 spiro atoms. The number of carbonyl (C=O) groups is 2. The number of thiazole rings is 1. The average molecular weight is 612 g/mol. The third-order valence-corrected chi connectivity index (χ3v) is 8.28. The molecule has 2 aromatic carbocycles. The molecule has 1 fully saturated rings. The van der Waals surface area contributed by atoms with E-state index in [0.29, 0.717) is 59.7 Å². The van der Waals surface area contributed by atoms with Gasteiger partial charge in [-0.25, -0.2) is 14.6 Å². The van der Waals surface area contributed by atoms with Gasteiger partial charge >= 0.3 is 0 Å². The molecule has 6 rings (SSSR count). The molecule has 1 unspecified atom stereocenters. The molecular formula is C32H33N7O4S. The molecule has 1 saturated heterocycles. The molecular weight excluding hydrogens is 578 g/mol. The van der Waals surface area contributed by atoms with Crippen LogP contribution in [0.5, 0.6) is 17.2 Å². The molecule has 2 N–H and O–H groups in total. The van der Waals surface area contributed by atoms with Crippen molar-refractivity contribution < 1.29 is 19.1 Å². The summed E-state index contributed by atoms with van der Waals surface area (Å²) in [5, 5.41) is 12.6. The summed E-state index contributed by atoms with van der Waals surface area (Å²) in [6.45, 7) is 5.63. The van der Waals surface area contributed by atoms with Crippen LogP contribution in [0, 0.1) is 6.92 Å². The highest BCUT2D eigenvalue weighted by atomic mass is 32.1. The number of aryl methyl sites for hydroxylation is 1. The number of hydrogen-bond acceptors (Lipinski definition) is 9.